The molecule has 2 aromatic rings. The van der Waals surface area contributed by atoms with Crippen molar-refractivity contribution in [3.63, 3.8) is 0 Å². The molecule has 0 aromatic heterocycles. The Morgan fingerprint density at radius 2 is 1.55 bits per heavy atom. The number of nitrogens with one attached hydrogen (secondary N) is 1. The Bertz CT molecular complexity index is 574. The molecule has 0 atom stereocenters. The molecular formula is C19H25N. The van der Waals surface area contributed by atoms with Gasteiger partial charge in [-0.2, -0.15) is 0 Å². The summed E-state index contributed by atoms with van der Waals surface area (Å²) in [7, 11) is 0. The lowest BCUT2D eigenvalue weighted by Crippen LogP contribution is -2.10. The van der Waals surface area contributed by atoms with Gasteiger partial charge in [-0.25, -0.2) is 0 Å². The lowest BCUT2D eigenvalue weighted by Gasteiger charge is -2.19. The second-order valence-corrected chi connectivity index (χ2v) is 6.61. The van der Waals surface area contributed by atoms with E-state index in [1.54, 1.807) is 0 Å². The maximum atomic E-state index is 3.51. The van der Waals surface area contributed by atoms with E-state index in [0.717, 1.165) is 6.54 Å². The van der Waals surface area contributed by atoms with E-state index in [2.05, 4.69) is 82.4 Å². The van der Waals surface area contributed by atoms with E-state index >= 15 is 0 Å². The molecule has 106 valence electrons. The van der Waals surface area contributed by atoms with Crippen LogP contribution >= 0.6 is 0 Å². The molecule has 0 bridgehead atoms. The molecule has 0 saturated carbocycles. The van der Waals surface area contributed by atoms with Crippen LogP contribution in [0.5, 0.6) is 0 Å². The molecule has 0 unspecified atom stereocenters. The van der Waals surface area contributed by atoms with Crippen LogP contribution in [0.15, 0.2) is 42.5 Å². The number of hydrogen-bond donors (Lipinski definition) is 1. The monoisotopic (exact) mass is 267 g/mol. The van der Waals surface area contributed by atoms with Crippen molar-refractivity contribution in [2.75, 3.05) is 5.32 Å². The summed E-state index contributed by atoms with van der Waals surface area (Å²) in [5, 5.41) is 3.51. The summed E-state index contributed by atoms with van der Waals surface area (Å²) in [6, 6.07) is 15.4. The quantitative estimate of drug-likeness (QED) is 0.804. The minimum absolute atomic E-state index is 0.214. The van der Waals surface area contributed by atoms with E-state index < -0.39 is 0 Å². The number of hydrogen-bond acceptors (Lipinski definition) is 1. The second-order valence-electron chi connectivity index (χ2n) is 6.61. The van der Waals surface area contributed by atoms with Crippen LogP contribution in [0.4, 0.5) is 5.69 Å². The highest BCUT2D eigenvalue weighted by molar-refractivity contribution is 5.47. The molecule has 0 saturated heterocycles. The van der Waals surface area contributed by atoms with Crippen molar-refractivity contribution in [3.8, 4) is 0 Å². The van der Waals surface area contributed by atoms with Crippen LogP contribution in [0.3, 0.4) is 0 Å². The van der Waals surface area contributed by atoms with Crippen LogP contribution in [0, 0.1) is 13.8 Å². The number of anilines is 1. The Morgan fingerprint density at radius 1 is 0.900 bits per heavy atom. The van der Waals surface area contributed by atoms with Crippen molar-refractivity contribution in [3.05, 3.63) is 64.7 Å². The first-order chi connectivity index (χ1) is 9.36. The Labute approximate surface area is 123 Å². The van der Waals surface area contributed by atoms with Crippen LogP contribution in [0.25, 0.3) is 0 Å². The topological polar surface area (TPSA) is 12.0 Å². The highest BCUT2D eigenvalue weighted by Crippen LogP contribution is 2.23. The predicted molar refractivity (Wildman–Crippen MR) is 88.4 cm³/mol. The smallest absolute Gasteiger partial charge is 0.0403 e. The minimum atomic E-state index is 0.214. The fraction of sp³-hybridized carbons (Fsp3) is 0.368. The van der Waals surface area contributed by atoms with Gasteiger partial charge in [-0.15, -0.1) is 0 Å². The van der Waals surface area contributed by atoms with E-state index in [9.17, 15) is 0 Å². The molecule has 0 aliphatic heterocycles. The van der Waals surface area contributed by atoms with Gasteiger partial charge in [0, 0.05) is 12.2 Å². The fourth-order valence-electron chi connectivity index (χ4n) is 2.28. The standard InChI is InChI=1S/C19H25N/c1-14-6-7-15(2)16(12-14)13-20-18-10-8-17(9-11-18)19(3,4)5/h6-12,20H,13H2,1-5H3. The highest BCUT2D eigenvalue weighted by atomic mass is 14.9. The molecule has 1 N–H and O–H groups in total. The first kappa shape index (κ1) is 14.6. The summed E-state index contributed by atoms with van der Waals surface area (Å²) in [5.41, 5.74) is 6.79. The number of benzene rings is 2. The van der Waals surface area contributed by atoms with E-state index in [1.165, 1.54) is 27.9 Å². The molecule has 20 heavy (non-hydrogen) atoms. The van der Waals surface area contributed by atoms with Crippen molar-refractivity contribution in [1.82, 2.24) is 0 Å². The van der Waals surface area contributed by atoms with E-state index in [-0.39, 0.29) is 5.41 Å². The van der Waals surface area contributed by atoms with Gasteiger partial charge in [0.15, 0.2) is 0 Å². The average molecular weight is 267 g/mol. The van der Waals surface area contributed by atoms with Gasteiger partial charge in [-0.3, -0.25) is 0 Å². The zero-order valence-corrected chi connectivity index (χ0v) is 13.2. The van der Waals surface area contributed by atoms with Gasteiger partial charge in [0.25, 0.3) is 0 Å². The maximum Gasteiger partial charge on any atom is 0.0403 e. The molecular weight excluding hydrogens is 242 g/mol. The maximum absolute atomic E-state index is 3.51. The third-order valence-corrected chi connectivity index (χ3v) is 3.74. The largest absolute Gasteiger partial charge is 0.381 e. The third kappa shape index (κ3) is 3.63. The molecule has 2 rings (SSSR count). The van der Waals surface area contributed by atoms with Gasteiger partial charge in [-0.05, 0) is 48.1 Å². The van der Waals surface area contributed by atoms with Crippen molar-refractivity contribution >= 4 is 5.69 Å². The zero-order chi connectivity index (χ0) is 14.8. The van der Waals surface area contributed by atoms with Crippen molar-refractivity contribution in [2.24, 2.45) is 0 Å². The van der Waals surface area contributed by atoms with Gasteiger partial charge < -0.3 is 5.32 Å². The Hall–Kier alpha value is -1.76. The Morgan fingerprint density at radius 3 is 2.15 bits per heavy atom. The average Bonchev–Trinajstić information content (AvgIpc) is 2.39. The van der Waals surface area contributed by atoms with Crippen LogP contribution < -0.4 is 5.32 Å². The summed E-state index contributed by atoms with van der Waals surface area (Å²) in [6.07, 6.45) is 0. The van der Waals surface area contributed by atoms with Crippen LogP contribution in [0.1, 0.15) is 43.0 Å². The molecule has 1 nitrogen and oxygen atoms in total. The van der Waals surface area contributed by atoms with E-state index in [0.29, 0.717) is 0 Å². The first-order valence-corrected chi connectivity index (χ1v) is 7.27. The molecule has 0 amide bonds. The molecule has 0 spiro atoms. The molecule has 1 heteroatoms. The van der Waals surface area contributed by atoms with Gasteiger partial charge in [0.05, 0.1) is 0 Å². The third-order valence-electron chi connectivity index (χ3n) is 3.74. The first-order valence-electron chi connectivity index (χ1n) is 7.27. The Balaban J connectivity index is 2.06. The number of rotatable bonds is 3. The van der Waals surface area contributed by atoms with Gasteiger partial charge >= 0.3 is 0 Å². The molecule has 0 radical (unpaired) electrons. The predicted octanol–water partition coefficient (Wildman–Crippen LogP) is 5.21. The fourth-order valence-corrected chi connectivity index (χ4v) is 2.28. The SMILES string of the molecule is Cc1ccc(C)c(CNc2ccc(C(C)(C)C)cc2)c1. The lowest BCUT2D eigenvalue weighted by molar-refractivity contribution is 0.590. The molecule has 0 aliphatic rings. The normalized spacial score (nSPS) is 11.4. The summed E-state index contributed by atoms with van der Waals surface area (Å²) in [4.78, 5) is 0. The molecule has 2 aromatic carbocycles. The van der Waals surface area contributed by atoms with Crippen LogP contribution in [0.2, 0.25) is 0 Å². The van der Waals surface area contributed by atoms with E-state index in [4.69, 9.17) is 0 Å². The van der Waals surface area contributed by atoms with Crippen LogP contribution in [-0.2, 0) is 12.0 Å². The highest BCUT2D eigenvalue weighted by Gasteiger charge is 2.12. The summed E-state index contributed by atoms with van der Waals surface area (Å²) < 4.78 is 0. The minimum Gasteiger partial charge on any atom is -0.381 e. The van der Waals surface area contributed by atoms with Crippen LogP contribution in [-0.4, -0.2) is 0 Å². The summed E-state index contributed by atoms with van der Waals surface area (Å²) >= 11 is 0. The lowest BCUT2D eigenvalue weighted by atomic mass is 9.87. The van der Waals surface area contributed by atoms with Gasteiger partial charge in [0.2, 0.25) is 0 Å². The van der Waals surface area contributed by atoms with Gasteiger partial charge in [0.1, 0.15) is 0 Å². The summed E-state index contributed by atoms with van der Waals surface area (Å²) in [6.45, 7) is 11.9. The molecule has 0 aliphatic carbocycles. The molecule has 0 fully saturated rings. The van der Waals surface area contributed by atoms with Gasteiger partial charge in [-0.1, -0.05) is 56.7 Å². The van der Waals surface area contributed by atoms with Crippen molar-refractivity contribution in [2.45, 2.75) is 46.6 Å². The van der Waals surface area contributed by atoms with Crippen molar-refractivity contribution < 1.29 is 0 Å². The zero-order valence-electron chi connectivity index (χ0n) is 13.2. The van der Waals surface area contributed by atoms with E-state index in [1.807, 2.05) is 0 Å². The second kappa shape index (κ2) is 5.70. The molecule has 0 heterocycles. The number of aryl methyl sites for hydroxylation is 2. The van der Waals surface area contributed by atoms with Crippen molar-refractivity contribution in [1.29, 1.82) is 0 Å². The Kier molecular flexibility index (Phi) is 4.17. The summed E-state index contributed by atoms with van der Waals surface area (Å²) in [5.74, 6) is 0.